The monoisotopic (exact) mass is 317 g/mol. The van der Waals surface area contributed by atoms with Crippen LogP contribution in [0.4, 0.5) is 0 Å². The molecule has 2 aliphatic rings. The van der Waals surface area contributed by atoms with E-state index in [0.29, 0.717) is 16.7 Å². The van der Waals surface area contributed by atoms with Crippen LogP contribution in [0.15, 0.2) is 34.9 Å². The Labute approximate surface area is 133 Å². The molecule has 5 nitrogen and oxygen atoms in total. The molecule has 2 aromatic rings. The molecule has 3 heterocycles. The third-order valence-corrected chi connectivity index (χ3v) is 4.69. The summed E-state index contributed by atoms with van der Waals surface area (Å²) < 4.78 is 5.58. The number of nitrogens with zero attached hydrogens (tertiary/aromatic N) is 2. The lowest BCUT2D eigenvalue weighted by Gasteiger charge is -2.22. The molecule has 22 heavy (non-hydrogen) atoms. The van der Waals surface area contributed by atoms with Gasteiger partial charge in [0.2, 0.25) is 0 Å². The number of hydrogen-bond acceptors (Lipinski definition) is 4. The van der Waals surface area contributed by atoms with Gasteiger partial charge in [0, 0.05) is 29.7 Å². The zero-order valence-corrected chi connectivity index (χ0v) is 12.7. The second-order valence-electron chi connectivity index (χ2n) is 5.93. The van der Waals surface area contributed by atoms with E-state index in [9.17, 15) is 4.79 Å². The van der Waals surface area contributed by atoms with Gasteiger partial charge >= 0.3 is 5.91 Å². The summed E-state index contributed by atoms with van der Waals surface area (Å²) in [7, 11) is 0. The third kappa shape index (κ3) is 2.51. The van der Waals surface area contributed by atoms with Crippen LogP contribution in [0.1, 0.15) is 17.1 Å². The molecule has 1 unspecified atom stereocenters. The van der Waals surface area contributed by atoms with Crippen LogP contribution in [0.25, 0.3) is 11.3 Å². The molecular formula is C16H16ClN3O2. The van der Waals surface area contributed by atoms with E-state index in [1.165, 1.54) is 0 Å². The number of aromatic nitrogens is 1. The van der Waals surface area contributed by atoms with Crippen molar-refractivity contribution in [3.8, 4) is 11.3 Å². The molecule has 114 valence electrons. The first-order valence-corrected chi connectivity index (χ1v) is 7.82. The van der Waals surface area contributed by atoms with Crippen molar-refractivity contribution in [3.63, 3.8) is 0 Å². The van der Waals surface area contributed by atoms with E-state index in [1.807, 2.05) is 12.1 Å². The van der Waals surface area contributed by atoms with Crippen molar-refractivity contribution in [2.24, 2.45) is 5.92 Å². The van der Waals surface area contributed by atoms with Crippen LogP contribution >= 0.6 is 11.6 Å². The van der Waals surface area contributed by atoms with Crippen LogP contribution in [0.5, 0.6) is 0 Å². The molecule has 0 spiro atoms. The maximum absolute atomic E-state index is 12.3. The number of hydrogen-bond donors (Lipinski definition) is 1. The van der Waals surface area contributed by atoms with E-state index >= 15 is 0 Å². The minimum atomic E-state index is -0.243. The molecule has 2 aliphatic heterocycles. The van der Waals surface area contributed by atoms with Gasteiger partial charge in [-0.2, -0.15) is 0 Å². The molecule has 2 bridgehead atoms. The van der Waals surface area contributed by atoms with Crippen molar-refractivity contribution in [1.29, 1.82) is 0 Å². The smallest absolute Gasteiger partial charge is 0.307 e. The number of fused-ring (bicyclic) bond motifs is 2. The highest BCUT2D eigenvalue weighted by atomic mass is 35.5. The van der Waals surface area contributed by atoms with Crippen LogP contribution in [0.3, 0.4) is 0 Å². The summed E-state index contributed by atoms with van der Waals surface area (Å²) >= 11 is 5.97. The van der Waals surface area contributed by atoms with Gasteiger partial charge in [-0.1, -0.05) is 23.7 Å². The average Bonchev–Trinajstić information content (AvgIpc) is 3.23. The second-order valence-corrected chi connectivity index (χ2v) is 6.36. The molecule has 3 atom stereocenters. The van der Waals surface area contributed by atoms with Crippen LogP contribution in [0.2, 0.25) is 5.02 Å². The summed E-state index contributed by atoms with van der Waals surface area (Å²) in [4.78, 5) is 18.7. The van der Waals surface area contributed by atoms with Gasteiger partial charge in [0.25, 0.3) is 5.89 Å². The van der Waals surface area contributed by atoms with E-state index in [1.54, 1.807) is 18.3 Å². The van der Waals surface area contributed by atoms with Gasteiger partial charge in [0.15, 0.2) is 5.76 Å². The van der Waals surface area contributed by atoms with Crippen LogP contribution in [-0.4, -0.2) is 41.5 Å². The van der Waals surface area contributed by atoms with Gasteiger partial charge in [-0.15, -0.1) is 0 Å². The number of carbonyl (C=O) groups excluding carboxylic acids is 1. The quantitative estimate of drug-likeness (QED) is 0.944. The average molecular weight is 318 g/mol. The van der Waals surface area contributed by atoms with E-state index in [2.05, 4.69) is 15.2 Å². The zero-order chi connectivity index (χ0) is 15.1. The fourth-order valence-corrected chi connectivity index (χ4v) is 3.52. The Kier molecular flexibility index (Phi) is 3.39. The summed E-state index contributed by atoms with van der Waals surface area (Å²) in [6, 6.07) is 7.50. The molecule has 2 saturated heterocycles. The van der Waals surface area contributed by atoms with Crippen molar-refractivity contribution in [1.82, 2.24) is 15.2 Å². The number of rotatable bonds is 3. The van der Waals surface area contributed by atoms with Crippen molar-refractivity contribution < 1.29 is 9.21 Å². The van der Waals surface area contributed by atoms with Gasteiger partial charge in [-0.05, 0) is 31.0 Å². The largest absolute Gasteiger partial charge is 0.432 e. The molecular weight excluding hydrogens is 302 g/mol. The second kappa shape index (κ2) is 5.41. The van der Waals surface area contributed by atoms with E-state index in [-0.39, 0.29) is 17.8 Å². The van der Waals surface area contributed by atoms with E-state index in [4.69, 9.17) is 16.0 Å². The first-order valence-electron chi connectivity index (χ1n) is 7.44. The Morgan fingerprint density at radius 1 is 1.41 bits per heavy atom. The summed E-state index contributed by atoms with van der Waals surface area (Å²) in [5.74, 6) is 0.968. The summed E-state index contributed by atoms with van der Waals surface area (Å²) in [6.45, 7) is 3.16. The Morgan fingerprint density at radius 2 is 2.32 bits per heavy atom. The lowest BCUT2D eigenvalue weighted by atomic mass is 10.0. The third-order valence-electron chi connectivity index (χ3n) is 4.46. The number of halogens is 1. The van der Waals surface area contributed by atoms with E-state index in [0.717, 1.165) is 31.6 Å². The van der Waals surface area contributed by atoms with Crippen molar-refractivity contribution in [3.05, 3.63) is 41.4 Å². The standard InChI is InChI=1S/C16H16ClN3O2/c17-12-3-1-2-10(6-12)14-7-18-16(22-14)15(21)19-13-9-20-5-4-11(13)8-20/h1-3,6-7,11,13H,4-5,8-9H2,(H,19,21)/t11-,13+/m1/s1. The van der Waals surface area contributed by atoms with Crippen LogP contribution < -0.4 is 5.32 Å². The Morgan fingerprint density at radius 3 is 3.05 bits per heavy atom. The van der Waals surface area contributed by atoms with Crippen LogP contribution in [0, 0.1) is 5.92 Å². The molecule has 1 amide bonds. The molecule has 0 aliphatic carbocycles. The first-order chi connectivity index (χ1) is 10.7. The number of carbonyl (C=O) groups is 1. The van der Waals surface area contributed by atoms with Crippen molar-refractivity contribution in [2.75, 3.05) is 19.6 Å². The molecule has 1 aromatic carbocycles. The predicted molar refractivity (Wildman–Crippen MR) is 82.8 cm³/mol. The fraction of sp³-hybridized carbons (Fsp3) is 0.375. The maximum Gasteiger partial charge on any atom is 0.307 e. The Balaban J connectivity index is 1.48. The highest BCUT2D eigenvalue weighted by molar-refractivity contribution is 6.30. The minimum Gasteiger partial charge on any atom is -0.432 e. The van der Waals surface area contributed by atoms with Gasteiger partial charge in [-0.25, -0.2) is 4.98 Å². The topological polar surface area (TPSA) is 58.4 Å². The lowest BCUT2D eigenvalue weighted by Crippen LogP contribution is -2.43. The van der Waals surface area contributed by atoms with Gasteiger partial charge in [0.05, 0.1) is 6.20 Å². The summed E-state index contributed by atoms with van der Waals surface area (Å²) in [5.41, 5.74) is 0.810. The minimum absolute atomic E-state index is 0.104. The molecule has 0 saturated carbocycles. The summed E-state index contributed by atoms with van der Waals surface area (Å²) in [5, 5.41) is 3.66. The number of nitrogens with one attached hydrogen (secondary N) is 1. The zero-order valence-electron chi connectivity index (χ0n) is 12.0. The first kappa shape index (κ1) is 13.8. The molecule has 4 rings (SSSR count). The van der Waals surface area contributed by atoms with Crippen LogP contribution in [-0.2, 0) is 0 Å². The molecule has 1 N–H and O–H groups in total. The van der Waals surface area contributed by atoms with Crippen molar-refractivity contribution >= 4 is 17.5 Å². The normalized spacial score (nSPS) is 26.3. The Hall–Kier alpha value is -1.85. The fourth-order valence-electron chi connectivity index (χ4n) is 3.33. The lowest BCUT2D eigenvalue weighted by molar-refractivity contribution is 0.0890. The SMILES string of the molecule is O=C(N[C@H]1CN2CC[C@@H]1C2)c1ncc(-c2cccc(Cl)c2)o1. The number of piperidine rings is 1. The highest BCUT2D eigenvalue weighted by Gasteiger charge is 2.39. The van der Waals surface area contributed by atoms with Gasteiger partial charge < -0.3 is 14.6 Å². The van der Waals surface area contributed by atoms with E-state index < -0.39 is 0 Å². The molecule has 1 aromatic heterocycles. The highest BCUT2D eigenvalue weighted by Crippen LogP contribution is 2.28. The summed E-state index contributed by atoms with van der Waals surface area (Å²) in [6.07, 6.45) is 2.72. The number of oxazole rings is 1. The maximum atomic E-state index is 12.3. The van der Waals surface area contributed by atoms with Gasteiger partial charge in [-0.3, -0.25) is 4.79 Å². The molecule has 0 radical (unpaired) electrons. The Bertz CT molecular complexity index is 715. The molecule has 2 fully saturated rings. The number of amides is 1. The number of benzene rings is 1. The van der Waals surface area contributed by atoms with Crippen molar-refractivity contribution in [2.45, 2.75) is 12.5 Å². The molecule has 6 heteroatoms. The van der Waals surface area contributed by atoms with Gasteiger partial charge in [0.1, 0.15) is 0 Å². The predicted octanol–water partition coefficient (Wildman–Crippen LogP) is 2.43.